The lowest BCUT2D eigenvalue weighted by molar-refractivity contribution is -0.142. The van der Waals surface area contributed by atoms with E-state index in [4.69, 9.17) is 22.1 Å². The molecule has 0 saturated carbocycles. The van der Waals surface area contributed by atoms with Crippen molar-refractivity contribution in [3.8, 4) is 0 Å². The molecule has 0 saturated heterocycles. The van der Waals surface area contributed by atoms with E-state index < -0.39 is 12.4 Å². The Morgan fingerprint density at radius 3 is 2.72 bits per heavy atom. The molecule has 0 atom stereocenters. The quantitative estimate of drug-likeness (QED) is 0.839. The van der Waals surface area contributed by atoms with Crippen LogP contribution in [0.1, 0.15) is 30.3 Å². The van der Waals surface area contributed by atoms with Crippen molar-refractivity contribution >= 4 is 17.6 Å². The van der Waals surface area contributed by atoms with Crippen LogP contribution in [-0.2, 0) is 22.5 Å². The van der Waals surface area contributed by atoms with Gasteiger partial charge >= 0.3 is 5.97 Å². The van der Waals surface area contributed by atoms with Crippen LogP contribution >= 0.6 is 11.6 Å². The van der Waals surface area contributed by atoms with Gasteiger partial charge in [0.05, 0.1) is 29.4 Å². The molecular weight excluding hydrogens is 266 g/mol. The van der Waals surface area contributed by atoms with Gasteiger partial charge in [-0.05, 0) is 13.0 Å². The summed E-state index contributed by atoms with van der Waals surface area (Å²) in [5.41, 5.74) is 5.26. The first kappa shape index (κ1) is 14.8. The molecule has 0 aliphatic heterocycles. The number of nitrogens with two attached hydrogens (primary N) is 1. The number of rotatable bonds is 5. The third kappa shape index (κ3) is 3.61. The average molecular weight is 279 g/mol. The van der Waals surface area contributed by atoms with Crippen molar-refractivity contribution in [3.63, 3.8) is 0 Å². The third-order valence-corrected chi connectivity index (χ3v) is 2.53. The second-order valence-electron chi connectivity index (χ2n) is 3.44. The van der Waals surface area contributed by atoms with Crippen molar-refractivity contribution in [1.82, 2.24) is 4.98 Å². The lowest BCUT2D eigenvalue weighted by Gasteiger charge is -2.10. The van der Waals surface area contributed by atoms with Gasteiger partial charge in [0, 0.05) is 12.1 Å². The first-order valence-corrected chi connectivity index (χ1v) is 5.69. The summed E-state index contributed by atoms with van der Waals surface area (Å²) < 4.78 is 30.1. The smallest absolute Gasteiger partial charge is 0.311 e. The van der Waals surface area contributed by atoms with Crippen LogP contribution in [0.25, 0.3) is 0 Å². The molecular formula is C11H13ClF2N2O2. The standard InChI is InChI=1S/C11H13ClF2N2O2/c1-2-18-10(17)4-8-7(12)3-6(11(13)14)9(5-15)16-8/h3,11H,2,4-5,15H2,1H3. The first-order valence-electron chi connectivity index (χ1n) is 5.31. The minimum Gasteiger partial charge on any atom is -0.466 e. The van der Waals surface area contributed by atoms with Gasteiger partial charge in [0.25, 0.3) is 6.43 Å². The molecule has 0 fully saturated rings. The summed E-state index contributed by atoms with van der Waals surface area (Å²) in [4.78, 5) is 15.2. The predicted molar refractivity (Wildman–Crippen MR) is 62.4 cm³/mol. The molecule has 18 heavy (non-hydrogen) atoms. The van der Waals surface area contributed by atoms with E-state index in [0.717, 1.165) is 6.07 Å². The Morgan fingerprint density at radius 1 is 1.56 bits per heavy atom. The largest absolute Gasteiger partial charge is 0.466 e. The highest BCUT2D eigenvalue weighted by Gasteiger charge is 2.18. The van der Waals surface area contributed by atoms with Gasteiger partial charge < -0.3 is 10.5 Å². The SMILES string of the molecule is CCOC(=O)Cc1nc(CN)c(C(F)F)cc1Cl. The summed E-state index contributed by atoms with van der Waals surface area (Å²) in [5.74, 6) is -0.514. The van der Waals surface area contributed by atoms with E-state index in [2.05, 4.69) is 4.98 Å². The molecule has 0 spiro atoms. The normalized spacial score (nSPS) is 10.8. The molecule has 0 radical (unpaired) electrons. The minimum atomic E-state index is -2.70. The summed E-state index contributed by atoms with van der Waals surface area (Å²) in [6, 6.07) is 1.09. The van der Waals surface area contributed by atoms with Crippen LogP contribution in [0.5, 0.6) is 0 Å². The molecule has 0 aliphatic rings. The minimum absolute atomic E-state index is 0.00977. The average Bonchev–Trinajstić information content (AvgIpc) is 2.31. The number of esters is 1. The summed E-state index contributed by atoms with van der Waals surface area (Å²) in [7, 11) is 0. The highest BCUT2D eigenvalue weighted by atomic mass is 35.5. The maximum Gasteiger partial charge on any atom is 0.311 e. The number of alkyl halides is 2. The van der Waals surface area contributed by atoms with Crippen molar-refractivity contribution in [3.05, 3.63) is 28.0 Å². The Bertz CT molecular complexity index is 441. The highest BCUT2D eigenvalue weighted by molar-refractivity contribution is 6.31. The van der Waals surface area contributed by atoms with Gasteiger partial charge in [0.15, 0.2) is 0 Å². The van der Waals surface area contributed by atoms with Gasteiger partial charge in [-0.25, -0.2) is 8.78 Å². The van der Waals surface area contributed by atoms with E-state index in [1.54, 1.807) is 6.92 Å². The molecule has 2 N–H and O–H groups in total. The molecule has 0 amide bonds. The fourth-order valence-corrected chi connectivity index (χ4v) is 1.64. The number of pyridine rings is 1. The zero-order chi connectivity index (χ0) is 13.7. The molecule has 1 heterocycles. The van der Waals surface area contributed by atoms with E-state index in [1.165, 1.54) is 0 Å². The molecule has 100 valence electrons. The van der Waals surface area contributed by atoms with E-state index in [-0.39, 0.29) is 41.5 Å². The second kappa shape index (κ2) is 6.61. The molecule has 0 unspecified atom stereocenters. The lowest BCUT2D eigenvalue weighted by Crippen LogP contribution is -2.13. The van der Waals surface area contributed by atoms with Crippen molar-refractivity contribution in [2.24, 2.45) is 5.73 Å². The Labute approximate surface area is 108 Å². The van der Waals surface area contributed by atoms with Crippen molar-refractivity contribution in [2.75, 3.05) is 6.61 Å². The number of halogens is 3. The highest BCUT2D eigenvalue weighted by Crippen LogP contribution is 2.27. The van der Waals surface area contributed by atoms with Gasteiger partial charge in [-0.15, -0.1) is 0 Å². The van der Waals surface area contributed by atoms with E-state index in [9.17, 15) is 13.6 Å². The van der Waals surface area contributed by atoms with Crippen LogP contribution in [0.3, 0.4) is 0 Å². The molecule has 0 aromatic carbocycles. The van der Waals surface area contributed by atoms with Crippen molar-refractivity contribution < 1.29 is 18.3 Å². The van der Waals surface area contributed by atoms with Crippen LogP contribution in [0.2, 0.25) is 5.02 Å². The summed E-state index contributed by atoms with van der Waals surface area (Å²) in [6.45, 7) is 1.75. The number of nitrogens with zero attached hydrogens (tertiary/aromatic N) is 1. The van der Waals surface area contributed by atoms with E-state index in [1.807, 2.05) is 0 Å². The molecule has 7 heteroatoms. The third-order valence-electron chi connectivity index (χ3n) is 2.21. The van der Waals surface area contributed by atoms with E-state index >= 15 is 0 Å². The fraction of sp³-hybridized carbons (Fsp3) is 0.455. The van der Waals surface area contributed by atoms with Gasteiger partial charge in [-0.1, -0.05) is 11.6 Å². The van der Waals surface area contributed by atoms with Crippen LogP contribution in [0.4, 0.5) is 8.78 Å². The molecule has 1 aromatic heterocycles. The fourth-order valence-electron chi connectivity index (χ4n) is 1.41. The number of carbonyl (C=O) groups is 1. The molecule has 0 aliphatic carbocycles. The van der Waals surface area contributed by atoms with Gasteiger partial charge in [0.2, 0.25) is 0 Å². The van der Waals surface area contributed by atoms with Crippen molar-refractivity contribution in [2.45, 2.75) is 26.3 Å². The van der Waals surface area contributed by atoms with Crippen LogP contribution in [0.15, 0.2) is 6.07 Å². The number of ether oxygens (including phenoxy) is 1. The van der Waals surface area contributed by atoms with Gasteiger partial charge in [-0.3, -0.25) is 9.78 Å². The van der Waals surface area contributed by atoms with Gasteiger partial charge in [-0.2, -0.15) is 0 Å². The van der Waals surface area contributed by atoms with Crippen molar-refractivity contribution in [1.29, 1.82) is 0 Å². The summed E-state index contributed by atoms with van der Waals surface area (Å²) in [5, 5.41) is 0.00977. The van der Waals surface area contributed by atoms with Crippen LogP contribution in [0, 0.1) is 0 Å². The summed E-state index contributed by atoms with van der Waals surface area (Å²) >= 11 is 5.80. The molecule has 0 bridgehead atoms. The summed E-state index contributed by atoms with van der Waals surface area (Å²) in [6.07, 6.45) is -2.87. The second-order valence-corrected chi connectivity index (χ2v) is 3.85. The Balaban J connectivity index is 3.04. The molecule has 4 nitrogen and oxygen atoms in total. The maximum absolute atomic E-state index is 12.7. The maximum atomic E-state index is 12.7. The predicted octanol–water partition coefficient (Wildman–Crippen LogP) is 2.24. The lowest BCUT2D eigenvalue weighted by atomic mass is 10.1. The number of carbonyl (C=O) groups excluding carboxylic acids is 1. The Kier molecular flexibility index (Phi) is 5.43. The first-order chi connectivity index (χ1) is 8.49. The van der Waals surface area contributed by atoms with Gasteiger partial charge in [0.1, 0.15) is 0 Å². The molecule has 1 aromatic rings. The van der Waals surface area contributed by atoms with Crippen LogP contribution in [-0.4, -0.2) is 17.6 Å². The number of aromatic nitrogens is 1. The van der Waals surface area contributed by atoms with E-state index in [0.29, 0.717) is 0 Å². The monoisotopic (exact) mass is 278 g/mol. The molecule has 1 rings (SSSR count). The Morgan fingerprint density at radius 2 is 2.22 bits per heavy atom. The number of hydrogen-bond donors (Lipinski definition) is 1. The Hall–Kier alpha value is -1.27. The zero-order valence-electron chi connectivity index (χ0n) is 9.75. The number of hydrogen-bond acceptors (Lipinski definition) is 4. The zero-order valence-corrected chi connectivity index (χ0v) is 10.5. The topological polar surface area (TPSA) is 65.2 Å². The van der Waals surface area contributed by atoms with Crippen LogP contribution < -0.4 is 5.73 Å².